The third kappa shape index (κ3) is 4.97. The van der Waals surface area contributed by atoms with Gasteiger partial charge in [-0.3, -0.25) is 4.79 Å². The fourth-order valence-corrected chi connectivity index (χ4v) is 2.91. The highest BCUT2D eigenvalue weighted by atomic mass is 35.5. The number of hydrogen-bond donors (Lipinski definition) is 1. The molecule has 23 heavy (non-hydrogen) atoms. The summed E-state index contributed by atoms with van der Waals surface area (Å²) in [5, 5.41) is 8.11. The minimum absolute atomic E-state index is 0.0219. The van der Waals surface area contributed by atoms with Crippen molar-refractivity contribution >= 4 is 29.3 Å². The number of para-hydroxylation sites is 1. The zero-order valence-corrected chi connectivity index (χ0v) is 15.1. The fraction of sp³-hybridized carbons (Fsp3) is 0.438. The summed E-state index contributed by atoms with van der Waals surface area (Å²) in [7, 11) is 0. The number of carbonyl (C=O) groups is 1. The zero-order valence-electron chi connectivity index (χ0n) is 13.5. The largest absolute Gasteiger partial charge is 0.353 e. The van der Waals surface area contributed by atoms with E-state index in [4.69, 9.17) is 11.6 Å². The van der Waals surface area contributed by atoms with Gasteiger partial charge in [-0.05, 0) is 25.3 Å². The molecule has 0 saturated carbocycles. The molecule has 1 aromatic carbocycles. The number of carbonyl (C=O) groups excluding carboxylic acids is 1. The molecular formula is C16H21ClN4OS. The van der Waals surface area contributed by atoms with Crippen molar-refractivity contribution in [2.75, 3.05) is 12.0 Å². The molecule has 0 radical (unpaired) electrons. The number of nitrogens with zero attached hydrogens (tertiary/aromatic N) is 3. The second kappa shape index (κ2) is 8.36. The maximum Gasteiger partial charge on any atom is 0.217 e. The topological polar surface area (TPSA) is 59.8 Å². The van der Waals surface area contributed by atoms with Crippen molar-refractivity contribution in [1.29, 1.82) is 0 Å². The molecule has 1 heterocycles. The van der Waals surface area contributed by atoms with Gasteiger partial charge in [0, 0.05) is 31.6 Å². The van der Waals surface area contributed by atoms with Crippen LogP contribution >= 0.6 is 23.4 Å². The highest BCUT2D eigenvalue weighted by Gasteiger charge is 2.16. The lowest BCUT2D eigenvalue weighted by atomic mass is 10.2. The quantitative estimate of drug-likeness (QED) is 0.832. The van der Waals surface area contributed by atoms with Gasteiger partial charge in [0.1, 0.15) is 5.82 Å². The number of nitrogens with one attached hydrogen (secondary N) is 1. The Morgan fingerprint density at radius 2 is 2.17 bits per heavy atom. The van der Waals surface area contributed by atoms with Gasteiger partial charge in [0.15, 0.2) is 5.82 Å². The van der Waals surface area contributed by atoms with E-state index in [1.54, 1.807) is 16.4 Å². The maximum atomic E-state index is 11.2. The molecule has 0 unspecified atom stereocenters. The Morgan fingerprint density at radius 3 is 2.83 bits per heavy atom. The third-order valence-corrected chi connectivity index (χ3v) is 4.20. The second-order valence-corrected chi connectivity index (χ2v) is 6.75. The predicted octanol–water partition coefficient (Wildman–Crippen LogP) is 2.89. The molecular weight excluding hydrogens is 332 g/mol. The van der Waals surface area contributed by atoms with E-state index in [1.165, 1.54) is 6.92 Å². The van der Waals surface area contributed by atoms with E-state index in [0.29, 0.717) is 11.4 Å². The summed E-state index contributed by atoms with van der Waals surface area (Å²) in [4.78, 5) is 15.9. The first-order valence-electron chi connectivity index (χ1n) is 7.47. The first kappa shape index (κ1) is 17.8. The molecule has 0 aliphatic heterocycles. The van der Waals surface area contributed by atoms with Gasteiger partial charge in [-0.25, -0.2) is 9.67 Å². The van der Waals surface area contributed by atoms with Crippen LogP contribution in [0.25, 0.3) is 5.69 Å². The Labute approximate surface area is 145 Å². The molecule has 1 aromatic heterocycles. The summed E-state index contributed by atoms with van der Waals surface area (Å²) in [6.45, 7) is 3.47. The number of benzene rings is 1. The molecule has 0 fully saturated rings. The van der Waals surface area contributed by atoms with Gasteiger partial charge in [-0.1, -0.05) is 23.7 Å². The SMILES string of the molecule is CSCCc1nc(C[C@@H](C)NC(C)=O)n(-c2ccccc2Cl)n1. The third-order valence-electron chi connectivity index (χ3n) is 3.27. The average Bonchev–Trinajstić information content (AvgIpc) is 2.87. The number of rotatable bonds is 7. The van der Waals surface area contributed by atoms with Gasteiger partial charge < -0.3 is 5.32 Å². The number of amides is 1. The average molecular weight is 353 g/mol. The molecule has 0 aliphatic rings. The molecule has 1 amide bonds. The van der Waals surface area contributed by atoms with E-state index >= 15 is 0 Å². The second-order valence-electron chi connectivity index (χ2n) is 5.36. The molecule has 2 rings (SSSR count). The summed E-state index contributed by atoms with van der Waals surface area (Å²) in [6, 6.07) is 7.54. The minimum Gasteiger partial charge on any atom is -0.353 e. The van der Waals surface area contributed by atoms with Crippen molar-refractivity contribution in [2.24, 2.45) is 0 Å². The molecule has 5 nitrogen and oxygen atoms in total. The van der Waals surface area contributed by atoms with Crippen LogP contribution in [0.5, 0.6) is 0 Å². The molecule has 1 N–H and O–H groups in total. The van der Waals surface area contributed by atoms with Gasteiger partial charge in [0.2, 0.25) is 5.91 Å². The van der Waals surface area contributed by atoms with Crippen molar-refractivity contribution < 1.29 is 4.79 Å². The summed E-state index contributed by atoms with van der Waals surface area (Å²) >= 11 is 8.06. The van der Waals surface area contributed by atoms with Crippen LogP contribution in [0.4, 0.5) is 0 Å². The summed E-state index contributed by atoms with van der Waals surface area (Å²) in [5.74, 6) is 2.51. The van der Waals surface area contributed by atoms with E-state index in [-0.39, 0.29) is 11.9 Å². The fourth-order valence-electron chi connectivity index (χ4n) is 2.31. The maximum absolute atomic E-state index is 11.2. The van der Waals surface area contributed by atoms with Gasteiger partial charge in [-0.15, -0.1) is 0 Å². The van der Waals surface area contributed by atoms with Crippen LogP contribution in [0.3, 0.4) is 0 Å². The molecule has 1 atom stereocenters. The predicted molar refractivity (Wildman–Crippen MR) is 95.4 cm³/mol. The Bertz CT molecular complexity index is 674. The van der Waals surface area contributed by atoms with Crippen LogP contribution in [0.15, 0.2) is 24.3 Å². The molecule has 0 saturated heterocycles. The Morgan fingerprint density at radius 1 is 1.43 bits per heavy atom. The number of hydrogen-bond acceptors (Lipinski definition) is 4. The van der Waals surface area contributed by atoms with Gasteiger partial charge in [0.25, 0.3) is 0 Å². The number of aromatic nitrogens is 3. The molecule has 7 heteroatoms. The monoisotopic (exact) mass is 352 g/mol. The molecule has 124 valence electrons. The van der Waals surface area contributed by atoms with E-state index in [0.717, 1.165) is 29.5 Å². The molecule has 0 aliphatic carbocycles. The van der Waals surface area contributed by atoms with Crippen LogP contribution in [0.1, 0.15) is 25.5 Å². The Kier molecular flexibility index (Phi) is 6.47. The Hall–Kier alpha value is -1.53. The van der Waals surface area contributed by atoms with Crippen molar-refractivity contribution in [2.45, 2.75) is 32.7 Å². The molecule has 0 bridgehead atoms. The standard InChI is InChI=1S/C16H21ClN4OS/c1-11(18-12(2)22)10-16-19-15(8-9-23-3)20-21(16)14-7-5-4-6-13(14)17/h4-7,11H,8-10H2,1-3H3,(H,18,22)/t11-/m1/s1. The van der Waals surface area contributed by atoms with Crippen LogP contribution in [-0.4, -0.2) is 38.7 Å². The van der Waals surface area contributed by atoms with Crippen molar-refractivity contribution in [3.8, 4) is 5.69 Å². The summed E-state index contributed by atoms with van der Waals surface area (Å²) in [6.07, 6.45) is 3.46. The first-order chi connectivity index (χ1) is 11.0. The summed E-state index contributed by atoms with van der Waals surface area (Å²) < 4.78 is 1.79. The summed E-state index contributed by atoms with van der Waals surface area (Å²) in [5.41, 5.74) is 0.807. The van der Waals surface area contributed by atoms with Crippen molar-refractivity contribution in [3.05, 3.63) is 40.9 Å². The van der Waals surface area contributed by atoms with Crippen LogP contribution in [0, 0.1) is 0 Å². The Balaban J connectivity index is 2.32. The van der Waals surface area contributed by atoms with E-state index in [2.05, 4.69) is 21.7 Å². The minimum atomic E-state index is -0.0519. The van der Waals surface area contributed by atoms with Crippen molar-refractivity contribution in [1.82, 2.24) is 20.1 Å². The van der Waals surface area contributed by atoms with Crippen LogP contribution < -0.4 is 5.32 Å². The zero-order chi connectivity index (χ0) is 16.8. The lowest BCUT2D eigenvalue weighted by molar-refractivity contribution is -0.119. The highest BCUT2D eigenvalue weighted by molar-refractivity contribution is 7.98. The van der Waals surface area contributed by atoms with E-state index < -0.39 is 0 Å². The van der Waals surface area contributed by atoms with E-state index in [9.17, 15) is 4.79 Å². The van der Waals surface area contributed by atoms with Gasteiger partial charge in [0.05, 0.1) is 10.7 Å². The normalized spacial score (nSPS) is 12.2. The number of halogens is 1. The van der Waals surface area contributed by atoms with Crippen LogP contribution in [-0.2, 0) is 17.6 Å². The number of aryl methyl sites for hydroxylation is 1. The van der Waals surface area contributed by atoms with Gasteiger partial charge >= 0.3 is 0 Å². The molecule has 2 aromatic rings. The smallest absolute Gasteiger partial charge is 0.217 e. The lowest BCUT2D eigenvalue weighted by Gasteiger charge is -2.13. The molecule has 0 spiro atoms. The lowest BCUT2D eigenvalue weighted by Crippen LogP contribution is -2.32. The van der Waals surface area contributed by atoms with Crippen LogP contribution in [0.2, 0.25) is 5.02 Å². The van der Waals surface area contributed by atoms with E-state index in [1.807, 2.05) is 31.2 Å². The number of thioether (sulfide) groups is 1. The van der Waals surface area contributed by atoms with Crippen molar-refractivity contribution in [3.63, 3.8) is 0 Å². The highest BCUT2D eigenvalue weighted by Crippen LogP contribution is 2.21. The van der Waals surface area contributed by atoms with Gasteiger partial charge in [-0.2, -0.15) is 16.9 Å². The first-order valence-corrected chi connectivity index (χ1v) is 9.24.